The zero-order valence-electron chi connectivity index (χ0n) is 17.5. The predicted molar refractivity (Wildman–Crippen MR) is 125 cm³/mol. The van der Waals surface area contributed by atoms with Gasteiger partial charge in [-0.1, -0.05) is 55.4 Å². The first-order valence-electron chi connectivity index (χ1n) is 9.91. The fourth-order valence-electron chi connectivity index (χ4n) is 3.15. The second kappa shape index (κ2) is 9.07. The predicted octanol–water partition coefficient (Wildman–Crippen LogP) is 4.48. The van der Waals surface area contributed by atoms with E-state index in [1.54, 1.807) is 34.1 Å². The van der Waals surface area contributed by atoms with Crippen LogP contribution in [0.5, 0.6) is 0 Å². The lowest BCUT2D eigenvalue weighted by molar-refractivity contribution is 0.445. The van der Waals surface area contributed by atoms with Crippen LogP contribution in [0.25, 0.3) is 16.2 Å². The lowest BCUT2D eigenvalue weighted by Gasteiger charge is -2.18. The quantitative estimate of drug-likeness (QED) is 0.351. The highest BCUT2D eigenvalue weighted by atomic mass is 32.2. The van der Waals surface area contributed by atoms with Crippen molar-refractivity contribution < 1.29 is 8.42 Å². The van der Waals surface area contributed by atoms with Crippen LogP contribution in [0.2, 0.25) is 0 Å². The molecular weight excluding hydrogens is 450 g/mol. The molecule has 0 fully saturated rings. The van der Waals surface area contributed by atoms with Crippen LogP contribution >= 0.6 is 23.1 Å². The molecule has 0 N–H and O–H groups in total. The van der Waals surface area contributed by atoms with Crippen molar-refractivity contribution in [1.82, 2.24) is 23.9 Å². The fourth-order valence-corrected chi connectivity index (χ4v) is 6.35. The number of thioether (sulfide) groups is 1. The average Bonchev–Trinajstić information content (AvgIpc) is 3.40. The van der Waals surface area contributed by atoms with E-state index in [-0.39, 0.29) is 4.90 Å². The third kappa shape index (κ3) is 4.52. The minimum Gasteiger partial charge on any atom is -0.276 e. The maximum Gasteiger partial charge on any atom is 0.244 e. The summed E-state index contributed by atoms with van der Waals surface area (Å²) >= 11 is 3.10. The number of aryl methyl sites for hydroxylation is 1. The Morgan fingerprint density at radius 1 is 1.06 bits per heavy atom. The minimum atomic E-state index is -3.55. The van der Waals surface area contributed by atoms with E-state index < -0.39 is 10.0 Å². The molecule has 0 amide bonds. The van der Waals surface area contributed by atoms with Crippen LogP contribution < -0.4 is 0 Å². The number of pyridine rings is 1. The van der Waals surface area contributed by atoms with Crippen molar-refractivity contribution in [2.45, 2.75) is 36.6 Å². The van der Waals surface area contributed by atoms with E-state index in [2.05, 4.69) is 41.4 Å². The molecule has 0 radical (unpaired) electrons. The van der Waals surface area contributed by atoms with Gasteiger partial charge in [0.15, 0.2) is 10.8 Å². The Hall–Kier alpha value is -2.27. The van der Waals surface area contributed by atoms with Crippen molar-refractivity contribution in [3.63, 3.8) is 0 Å². The molecule has 0 aliphatic rings. The summed E-state index contributed by atoms with van der Waals surface area (Å²) in [6.07, 6.45) is 1.60. The van der Waals surface area contributed by atoms with Gasteiger partial charge >= 0.3 is 0 Å². The lowest BCUT2D eigenvalue weighted by atomic mass is 10.2. The summed E-state index contributed by atoms with van der Waals surface area (Å²) in [5, 5.41) is 12.1. The minimum absolute atomic E-state index is 0.237. The maximum absolute atomic E-state index is 12.9. The molecule has 31 heavy (non-hydrogen) atoms. The Morgan fingerprint density at radius 2 is 1.81 bits per heavy atom. The van der Waals surface area contributed by atoms with Crippen molar-refractivity contribution in [3.05, 3.63) is 59.2 Å². The van der Waals surface area contributed by atoms with E-state index in [1.807, 2.05) is 19.2 Å². The van der Waals surface area contributed by atoms with E-state index in [1.165, 1.54) is 21.6 Å². The summed E-state index contributed by atoms with van der Waals surface area (Å²) in [6.45, 7) is 6.58. The van der Waals surface area contributed by atoms with Crippen molar-refractivity contribution in [3.8, 4) is 10.6 Å². The van der Waals surface area contributed by atoms with Gasteiger partial charge in [0.25, 0.3) is 0 Å². The largest absolute Gasteiger partial charge is 0.276 e. The fraction of sp³-hybridized carbons (Fsp3) is 0.286. The average molecular weight is 474 g/mol. The lowest BCUT2D eigenvalue weighted by Crippen LogP contribution is -2.30. The van der Waals surface area contributed by atoms with Gasteiger partial charge < -0.3 is 0 Å². The normalized spacial score (nSPS) is 12.1. The number of thiazole rings is 1. The van der Waals surface area contributed by atoms with E-state index in [0.717, 1.165) is 16.3 Å². The molecule has 4 rings (SSSR count). The second-order valence-electron chi connectivity index (χ2n) is 6.96. The molecule has 1 aromatic carbocycles. The number of fused-ring (bicyclic) bond motifs is 1. The first-order chi connectivity index (χ1) is 14.9. The standard InChI is InChI=1S/C21H23N5O2S3/c1-4-25(5-2)31(27,28)18-10-11-19-23-24-21(26(19)12-18)30-14-17-13-29-20(22-17)16-8-6-15(3)7-9-16/h6-13H,4-5,14H2,1-3H3. The molecule has 0 spiro atoms. The summed E-state index contributed by atoms with van der Waals surface area (Å²) in [7, 11) is -3.55. The molecule has 3 heterocycles. The van der Waals surface area contributed by atoms with Gasteiger partial charge in [-0.15, -0.1) is 21.5 Å². The third-order valence-corrected chi connectivity index (χ3v) is 8.84. The maximum atomic E-state index is 12.9. The molecule has 0 saturated carbocycles. The molecule has 10 heteroatoms. The zero-order chi connectivity index (χ0) is 22.0. The van der Waals surface area contributed by atoms with E-state index >= 15 is 0 Å². The number of hydrogen-bond acceptors (Lipinski definition) is 7. The summed E-state index contributed by atoms with van der Waals surface area (Å²) in [5.41, 5.74) is 3.89. The van der Waals surface area contributed by atoms with Crippen LogP contribution in [0.1, 0.15) is 25.1 Å². The molecule has 0 unspecified atom stereocenters. The molecule has 0 bridgehead atoms. The summed E-state index contributed by atoms with van der Waals surface area (Å²) < 4.78 is 28.9. The van der Waals surface area contributed by atoms with Gasteiger partial charge in [-0.3, -0.25) is 4.40 Å². The van der Waals surface area contributed by atoms with E-state index in [0.29, 0.717) is 29.6 Å². The van der Waals surface area contributed by atoms with Crippen molar-refractivity contribution >= 4 is 38.8 Å². The number of nitrogens with zero attached hydrogens (tertiary/aromatic N) is 5. The number of benzene rings is 1. The molecule has 0 saturated heterocycles. The summed E-state index contributed by atoms with van der Waals surface area (Å²) in [5.74, 6) is 0.621. The number of rotatable bonds is 8. The molecular formula is C21H23N5O2S3. The topological polar surface area (TPSA) is 80.5 Å². The van der Waals surface area contributed by atoms with Gasteiger partial charge in [0.2, 0.25) is 10.0 Å². The number of hydrogen-bond donors (Lipinski definition) is 0. The van der Waals surface area contributed by atoms with Gasteiger partial charge in [-0.05, 0) is 19.1 Å². The van der Waals surface area contributed by atoms with Gasteiger partial charge in [0.1, 0.15) is 5.01 Å². The number of aromatic nitrogens is 4. The molecule has 7 nitrogen and oxygen atoms in total. The first kappa shape index (κ1) is 21.9. The monoisotopic (exact) mass is 473 g/mol. The van der Waals surface area contributed by atoms with Gasteiger partial charge in [0.05, 0.1) is 10.6 Å². The van der Waals surface area contributed by atoms with Crippen LogP contribution in [0.3, 0.4) is 0 Å². The van der Waals surface area contributed by atoms with Gasteiger partial charge in [-0.25, -0.2) is 13.4 Å². The third-order valence-electron chi connectivity index (χ3n) is 4.89. The molecule has 3 aromatic heterocycles. The van der Waals surface area contributed by atoms with Crippen LogP contribution in [-0.4, -0.2) is 45.4 Å². The summed E-state index contributed by atoms with van der Waals surface area (Å²) in [4.78, 5) is 4.97. The van der Waals surface area contributed by atoms with Gasteiger partial charge in [0, 0.05) is 36.0 Å². The Labute approximate surface area is 190 Å². The smallest absolute Gasteiger partial charge is 0.244 e. The van der Waals surface area contributed by atoms with Crippen molar-refractivity contribution in [2.24, 2.45) is 0 Å². The Kier molecular flexibility index (Phi) is 6.42. The highest BCUT2D eigenvalue weighted by molar-refractivity contribution is 7.98. The van der Waals surface area contributed by atoms with Crippen LogP contribution in [-0.2, 0) is 15.8 Å². The molecule has 0 aliphatic carbocycles. The van der Waals surface area contributed by atoms with E-state index in [9.17, 15) is 8.42 Å². The summed E-state index contributed by atoms with van der Waals surface area (Å²) in [6, 6.07) is 11.6. The zero-order valence-corrected chi connectivity index (χ0v) is 20.0. The molecule has 0 atom stereocenters. The highest BCUT2D eigenvalue weighted by Gasteiger charge is 2.22. The Morgan fingerprint density at radius 3 is 2.52 bits per heavy atom. The second-order valence-corrected chi connectivity index (χ2v) is 10.7. The first-order valence-corrected chi connectivity index (χ1v) is 13.2. The van der Waals surface area contributed by atoms with Gasteiger partial charge in [-0.2, -0.15) is 4.31 Å². The SMILES string of the molecule is CCN(CC)S(=O)(=O)c1ccc2nnc(SCc3csc(-c4ccc(C)cc4)n3)n2c1. The Balaban J connectivity index is 1.55. The number of sulfonamides is 1. The highest BCUT2D eigenvalue weighted by Crippen LogP contribution is 2.28. The molecule has 4 aromatic rings. The van der Waals surface area contributed by atoms with Crippen molar-refractivity contribution in [1.29, 1.82) is 0 Å². The van der Waals surface area contributed by atoms with Crippen LogP contribution in [0.4, 0.5) is 0 Å². The van der Waals surface area contributed by atoms with E-state index in [4.69, 9.17) is 4.98 Å². The Bertz CT molecular complexity index is 1290. The van der Waals surface area contributed by atoms with Crippen LogP contribution in [0.15, 0.2) is 58.0 Å². The van der Waals surface area contributed by atoms with Crippen molar-refractivity contribution in [2.75, 3.05) is 13.1 Å². The van der Waals surface area contributed by atoms with Crippen LogP contribution in [0, 0.1) is 6.92 Å². The molecule has 0 aliphatic heterocycles. The molecule has 162 valence electrons.